The predicted octanol–water partition coefficient (Wildman–Crippen LogP) is 8.23. The SMILES string of the molecule is COc1ccc2c3c1O[C@H]1[C@@]4(OC)CC[C@@]5(C[C@@H]4C(C)=O)[C@@H](C2)N(CC2CC2)CC[C@]315.COc1ccc2c3c1O[C@H]1[C@@]4(OC)CC[C@@]5(C[C@@H]4[C@](C)(O)C(C)(C)C)[C@@H](C2)N(CC2CC2)CC[C@]315. The van der Waals surface area contributed by atoms with Crippen LogP contribution >= 0.6 is 0 Å². The van der Waals surface area contributed by atoms with Crippen LogP contribution in [0.4, 0.5) is 0 Å². The van der Waals surface area contributed by atoms with Gasteiger partial charge in [0.15, 0.2) is 23.0 Å². The molecule has 0 radical (unpaired) electrons. The second kappa shape index (κ2) is 13.7. The molecule has 2 saturated heterocycles. The number of aliphatic hydroxyl groups is 1. The molecule has 0 amide bonds. The van der Waals surface area contributed by atoms with E-state index in [4.69, 9.17) is 28.4 Å². The van der Waals surface area contributed by atoms with E-state index in [-0.39, 0.29) is 56.9 Å². The molecule has 10 aliphatic carbocycles. The molecule has 10 heteroatoms. The summed E-state index contributed by atoms with van der Waals surface area (Å²) < 4.78 is 38.7. The summed E-state index contributed by atoms with van der Waals surface area (Å²) >= 11 is 0. The van der Waals surface area contributed by atoms with Gasteiger partial charge in [-0.25, -0.2) is 0 Å². The standard InChI is InChI=1S/C30H43NO4.C26H33NO4/c1-26(2,3)27(4,32)21-16-28-11-12-30(21,34-6)25-29(28)13-14-31(17-18-7-8-18)22(28)15-19-9-10-20(33-5)24(35-25)23(19)29;1-15(28)18-13-24-8-9-26(18,30-3)23-25(24)10-11-27(14-16-4-5-16)20(24)12-17-6-7-19(29-2)22(31-23)21(17)25/h9-10,18,21-22,25,32H,7-8,11-17H2,1-6H3;6-7,16,18,20,23H,4-5,8-14H2,1-3H3/t21-,22-,25-,27+,28-,29+,30-;18-,20-,23-,24-,25+,26-/m11/s1. The lowest BCUT2D eigenvalue weighted by atomic mass is 9.33. The van der Waals surface area contributed by atoms with E-state index in [1.165, 1.54) is 61.0 Å². The molecule has 8 saturated carbocycles. The maximum atomic E-state index is 13.0. The maximum absolute atomic E-state index is 13.0. The smallest absolute Gasteiger partial charge is 0.165 e. The molecule has 4 aliphatic heterocycles. The van der Waals surface area contributed by atoms with Crippen molar-refractivity contribution in [3.63, 3.8) is 0 Å². The van der Waals surface area contributed by atoms with Crippen LogP contribution in [0.2, 0.25) is 0 Å². The summed E-state index contributed by atoms with van der Waals surface area (Å²) in [7, 11) is 7.17. The Morgan fingerprint density at radius 2 is 1.15 bits per heavy atom. The Kier molecular flexibility index (Phi) is 8.96. The minimum Gasteiger partial charge on any atom is -0.493 e. The van der Waals surface area contributed by atoms with Crippen molar-refractivity contribution in [2.45, 2.75) is 176 Å². The molecule has 16 rings (SSSR count). The van der Waals surface area contributed by atoms with Gasteiger partial charge >= 0.3 is 0 Å². The average molecular weight is 905 g/mol. The number of ether oxygens (including phenoxy) is 6. The quantitative estimate of drug-likeness (QED) is 0.251. The van der Waals surface area contributed by atoms with Crippen LogP contribution < -0.4 is 18.9 Å². The van der Waals surface area contributed by atoms with Crippen LogP contribution in [0.5, 0.6) is 23.0 Å². The molecule has 8 bridgehead atoms. The summed E-state index contributed by atoms with van der Waals surface area (Å²) in [5, 5.41) is 12.3. The first-order valence-electron chi connectivity index (χ1n) is 26.1. The summed E-state index contributed by atoms with van der Waals surface area (Å²) in [4.78, 5) is 18.7. The first-order chi connectivity index (χ1) is 31.6. The van der Waals surface area contributed by atoms with Crippen molar-refractivity contribution in [3.8, 4) is 23.0 Å². The fraction of sp³-hybridized carbons (Fsp3) is 0.768. The van der Waals surface area contributed by atoms with Gasteiger partial charge in [0.05, 0.1) is 25.7 Å². The van der Waals surface area contributed by atoms with Crippen LogP contribution in [0.1, 0.15) is 134 Å². The Hall–Kier alpha value is -2.89. The van der Waals surface area contributed by atoms with Crippen LogP contribution in [0.15, 0.2) is 24.3 Å². The van der Waals surface area contributed by atoms with Gasteiger partial charge in [0.2, 0.25) is 0 Å². The topological polar surface area (TPSA) is 99.2 Å². The van der Waals surface area contributed by atoms with Crippen LogP contribution in [0.3, 0.4) is 0 Å². The van der Waals surface area contributed by atoms with Crippen molar-refractivity contribution < 1.29 is 38.3 Å². The fourth-order valence-corrected chi connectivity index (χ4v) is 18.8. The number of hydrogen-bond donors (Lipinski definition) is 1. The largest absolute Gasteiger partial charge is 0.493 e. The third kappa shape index (κ3) is 4.91. The number of Topliss-reactive ketones (excluding diaryl/α,β-unsaturated/α-hetero) is 1. The van der Waals surface area contributed by atoms with Crippen molar-refractivity contribution >= 4 is 5.78 Å². The highest BCUT2D eigenvalue weighted by Gasteiger charge is 2.84. The summed E-state index contributed by atoms with van der Waals surface area (Å²) in [5.41, 5.74) is 3.60. The number of piperidine rings is 2. The first-order valence-corrected chi connectivity index (χ1v) is 26.1. The van der Waals surface area contributed by atoms with Gasteiger partial charge in [-0.15, -0.1) is 0 Å². The molecule has 0 unspecified atom stereocenters. The Labute approximate surface area is 393 Å². The van der Waals surface area contributed by atoms with E-state index in [0.29, 0.717) is 12.1 Å². The van der Waals surface area contributed by atoms with Crippen LogP contribution in [0, 0.1) is 39.9 Å². The number of methoxy groups -OCH3 is 4. The molecule has 2 aromatic carbocycles. The number of carbonyl (C=O) groups excluding carboxylic acids is 1. The van der Waals surface area contributed by atoms with Crippen molar-refractivity contribution in [1.29, 1.82) is 0 Å². The Morgan fingerprint density at radius 1 is 0.682 bits per heavy atom. The van der Waals surface area contributed by atoms with E-state index in [1.54, 1.807) is 28.3 Å². The van der Waals surface area contributed by atoms with Gasteiger partial charge in [-0.3, -0.25) is 14.6 Å². The highest BCUT2D eigenvalue weighted by atomic mass is 16.6. The number of likely N-dealkylation sites (tertiary alicyclic amines) is 2. The first kappa shape index (κ1) is 43.2. The van der Waals surface area contributed by atoms with Gasteiger partial charge < -0.3 is 33.5 Å². The van der Waals surface area contributed by atoms with Crippen molar-refractivity contribution in [2.75, 3.05) is 54.6 Å². The Bertz CT molecular complexity index is 2390. The van der Waals surface area contributed by atoms with Gasteiger partial charge in [0, 0.05) is 78.1 Å². The molecule has 10 nitrogen and oxygen atoms in total. The molecular formula is C56H76N2O8. The summed E-state index contributed by atoms with van der Waals surface area (Å²) in [6.45, 7) is 15.1. The van der Waals surface area contributed by atoms with Crippen molar-refractivity contribution in [1.82, 2.24) is 9.80 Å². The lowest BCUT2D eigenvalue weighted by Gasteiger charge is -2.75. The molecule has 2 aromatic rings. The number of carbonyl (C=O) groups is 1. The molecule has 4 heterocycles. The molecule has 14 aliphatic rings. The van der Waals surface area contributed by atoms with Gasteiger partial charge in [-0.2, -0.15) is 0 Å². The number of rotatable bonds is 10. The molecule has 0 aromatic heterocycles. The Balaban J connectivity index is 0.000000133. The zero-order chi connectivity index (χ0) is 45.8. The Morgan fingerprint density at radius 3 is 1.59 bits per heavy atom. The van der Waals surface area contributed by atoms with Crippen LogP contribution in [-0.4, -0.2) is 116 Å². The van der Waals surface area contributed by atoms with E-state index in [0.717, 1.165) is 112 Å². The fourth-order valence-electron chi connectivity index (χ4n) is 18.8. The molecule has 13 atom stereocenters. The minimum absolute atomic E-state index is 0.0112. The number of ketones is 1. The van der Waals surface area contributed by atoms with Crippen LogP contribution in [0.25, 0.3) is 0 Å². The van der Waals surface area contributed by atoms with Gasteiger partial charge in [-0.1, -0.05) is 32.9 Å². The number of hydrogen-bond acceptors (Lipinski definition) is 10. The number of nitrogens with zero attached hydrogens (tertiary/aromatic N) is 2. The number of fused-ring (bicyclic) bond motifs is 4. The van der Waals surface area contributed by atoms with Gasteiger partial charge in [-0.05, 0) is 157 Å². The van der Waals surface area contributed by atoms with Crippen LogP contribution in [-0.2, 0) is 37.9 Å². The highest BCUT2D eigenvalue weighted by Crippen LogP contribution is 2.79. The second-order valence-electron chi connectivity index (χ2n) is 25.2. The third-order valence-electron chi connectivity index (χ3n) is 22.4. The van der Waals surface area contributed by atoms with E-state index in [2.05, 4.69) is 61.8 Å². The monoisotopic (exact) mass is 905 g/mol. The van der Waals surface area contributed by atoms with Crippen molar-refractivity contribution in [2.24, 2.45) is 39.9 Å². The summed E-state index contributed by atoms with van der Waals surface area (Å²) in [6, 6.07) is 9.81. The molecule has 4 spiro atoms. The normalized spacial score (nSPS) is 43.4. The summed E-state index contributed by atoms with van der Waals surface area (Å²) in [5.74, 6) is 5.54. The second-order valence-corrected chi connectivity index (χ2v) is 25.2. The van der Waals surface area contributed by atoms with E-state index in [1.807, 2.05) is 7.11 Å². The highest BCUT2D eigenvalue weighted by molar-refractivity contribution is 5.81. The molecule has 1 N–H and O–H groups in total. The lowest BCUT2D eigenvalue weighted by molar-refractivity contribution is -0.312. The average Bonchev–Trinajstić information content (AvgIpc) is 4.24. The van der Waals surface area contributed by atoms with Crippen molar-refractivity contribution in [3.05, 3.63) is 46.5 Å². The van der Waals surface area contributed by atoms with Gasteiger partial charge in [0.1, 0.15) is 29.2 Å². The zero-order valence-corrected chi connectivity index (χ0v) is 41.4. The van der Waals surface area contributed by atoms with E-state index in [9.17, 15) is 9.90 Å². The zero-order valence-electron chi connectivity index (χ0n) is 41.4. The van der Waals surface area contributed by atoms with Gasteiger partial charge in [0.25, 0.3) is 0 Å². The predicted molar refractivity (Wildman–Crippen MR) is 251 cm³/mol. The van der Waals surface area contributed by atoms with E-state index >= 15 is 0 Å². The number of benzene rings is 2. The summed E-state index contributed by atoms with van der Waals surface area (Å²) in [6.07, 6.45) is 15.8. The molecular weight excluding hydrogens is 829 g/mol. The third-order valence-corrected chi connectivity index (χ3v) is 22.4. The lowest BCUT2D eigenvalue weighted by Crippen LogP contribution is -2.83. The maximum Gasteiger partial charge on any atom is 0.165 e. The minimum atomic E-state index is -0.879. The molecule has 358 valence electrons. The molecule has 66 heavy (non-hydrogen) atoms. The molecule has 10 fully saturated rings. The van der Waals surface area contributed by atoms with E-state index < -0.39 is 16.8 Å².